The van der Waals surface area contributed by atoms with Crippen molar-refractivity contribution >= 4 is 11.7 Å². The quantitative estimate of drug-likeness (QED) is 0.704. The van der Waals surface area contributed by atoms with Crippen LogP contribution in [0.3, 0.4) is 0 Å². The van der Waals surface area contributed by atoms with Gasteiger partial charge in [0.25, 0.3) is 5.91 Å². The number of benzene rings is 1. The molecule has 0 bridgehead atoms. The third-order valence-corrected chi connectivity index (χ3v) is 6.47. The van der Waals surface area contributed by atoms with Gasteiger partial charge in [0.2, 0.25) is 0 Å². The van der Waals surface area contributed by atoms with E-state index in [-0.39, 0.29) is 5.56 Å². The Labute approximate surface area is 179 Å². The van der Waals surface area contributed by atoms with Crippen LogP contribution in [0.1, 0.15) is 46.6 Å². The first kappa shape index (κ1) is 18.6. The van der Waals surface area contributed by atoms with Gasteiger partial charge in [0.05, 0.1) is 5.56 Å². The summed E-state index contributed by atoms with van der Waals surface area (Å²) in [7, 11) is 0. The van der Waals surface area contributed by atoms with E-state index in [0.717, 1.165) is 55.8 Å². The number of aromatic nitrogens is 4. The van der Waals surface area contributed by atoms with E-state index >= 15 is 0 Å². The minimum absolute atomic E-state index is 0.0620. The van der Waals surface area contributed by atoms with Crippen LogP contribution >= 0.6 is 0 Å². The summed E-state index contributed by atoms with van der Waals surface area (Å²) in [5.74, 6) is 1.06. The van der Waals surface area contributed by atoms with Crippen LogP contribution < -0.4 is 5.32 Å². The first-order valence-electron chi connectivity index (χ1n) is 10.9. The molecule has 158 valence electrons. The lowest BCUT2D eigenvalue weighted by atomic mass is 9.96. The smallest absolute Gasteiger partial charge is 0.259 e. The standard InChI is InChI=1S/C23H23FN6O/c24-18-12-14-8-10-29(16-6-7-16)13-15(14)11-17(18)23(31)26-20-4-1-3-19(25-20)22-28-27-21-5-2-9-30(21)22/h1,3-4,11-12,16H,2,5-10,13H2,(H,25,26,31). The van der Waals surface area contributed by atoms with Gasteiger partial charge in [-0.1, -0.05) is 6.07 Å². The fourth-order valence-electron chi connectivity index (χ4n) is 4.68. The molecule has 2 aliphatic heterocycles. The number of halogens is 1. The Kier molecular flexibility index (Phi) is 4.34. The van der Waals surface area contributed by atoms with Crippen molar-refractivity contribution in [2.45, 2.75) is 51.2 Å². The topological polar surface area (TPSA) is 75.9 Å². The lowest BCUT2D eigenvalue weighted by molar-refractivity contribution is 0.102. The summed E-state index contributed by atoms with van der Waals surface area (Å²) in [5, 5.41) is 11.2. The van der Waals surface area contributed by atoms with Crippen LogP contribution in [0.5, 0.6) is 0 Å². The zero-order chi connectivity index (χ0) is 20.9. The van der Waals surface area contributed by atoms with Crippen LogP contribution in [0.4, 0.5) is 10.2 Å². The van der Waals surface area contributed by atoms with Gasteiger partial charge in [0, 0.05) is 32.1 Å². The molecule has 1 aliphatic carbocycles. The molecule has 2 aromatic heterocycles. The molecule has 8 heteroatoms. The van der Waals surface area contributed by atoms with Crippen LogP contribution in [-0.2, 0) is 25.9 Å². The number of nitrogens with one attached hydrogen (secondary N) is 1. The van der Waals surface area contributed by atoms with Crippen LogP contribution in [-0.4, -0.2) is 43.1 Å². The molecule has 1 aromatic carbocycles. The van der Waals surface area contributed by atoms with Gasteiger partial charge in [-0.05, 0) is 61.1 Å². The maximum absolute atomic E-state index is 14.7. The normalized spacial score (nSPS) is 18.0. The molecular weight excluding hydrogens is 395 g/mol. The summed E-state index contributed by atoms with van der Waals surface area (Å²) in [6.07, 6.45) is 5.27. The van der Waals surface area contributed by atoms with Gasteiger partial charge >= 0.3 is 0 Å². The van der Waals surface area contributed by atoms with E-state index in [9.17, 15) is 9.18 Å². The molecular formula is C23H23FN6O. The van der Waals surface area contributed by atoms with Gasteiger partial charge in [-0.15, -0.1) is 10.2 Å². The third-order valence-electron chi connectivity index (χ3n) is 6.47. The Morgan fingerprint density at radius 3 is 2.87 bits per heavy atom. The summed E-state index contributed by atoms with van der Waals surface area (Å²) >= 11 is 0. The monoisotopic (exact) mass is 418 g/mol. The fraction of sp³-hybridized carbons (Fsp3) is 0.391. The Balaban J connectivity index is 1.25. The largest absolute Gasteiger partial charge is 0.310 e. The number of anilines is 1. The van der Waals surface area contributed by atoms with E-state index in [4.69, 9.17) is 0 Å². The van der Waals surface area contributed by atoms with Crippen molar-refractivity contribution in [2.75, 3.05) is 11.9 Å². The second-order valence-electron chi connectivity index (χ2n) is 8.61. The molecule has 31 heavy (non-hydrogen) atoms. The van der Waals surface area contributed by atoms with Crippen molar-refractivity contribution in [3.8, 4) is 11.5 Å². The number of nitrogens with zero attached hydrogens (tertiary/aromatic N) is 5. The number of rotatable bonds is 4. The van der Waals surface area contributed by atoms with Gasteiger partial charge < -0.3 is 9.88 Å². The summed E-state index contributed by atoms with van der Waals surface area (Å²) < 4.78 is 16.8. The van der Waals surface area contributed by atoms with Crippen molar-refractivity contribution in [1.29, 1.82) is 0 Å². The molecule has 0 atom stereocenters. The molecule has 0 spiro atoms. The average molecular weight is 418 g/mol. The number of fused-ring (bicyclic) bond motifs is 2. The van der Waals surface area contributed by atoms with Crippen LogP contribution in [0.2, 0.25) is 0 Å². The summed E-state index contributed by atoms with van der Waals surface area (Å²) in [6.45, 7) is 2.62. The number of carbonyl (C=O) groups excluding carboxylic acids is 1. The highest BCUT2D eigenvalue weighted by Gasteiger charge is 2.32. The molecule has 0 radical (unpaired) electrons. The maximum atomic E-state index is 14.7. The predicted molar refractivity (Wildman–Crippen MR) is 113 cm³/mol. The Hall–Kier alpha value is -3.13. The van der Waals surface area contributed by atoms with E-state index in [2.05, 4.69) is 30.0 Å². The molecule has 0 saturated heterocycles. The van der Waals surface area contributed by atoms with Crippen LogP contribution in [0, 0.1) is 5.82 Å². The highest BCUT2D eigenvalue weighted by Crippen LogP contribution is 2.32. The number of aryl methyl sites for hydroxylation is 1. The van der Waals surface area contributed by atoms with E-state index < -0.39 is 11.7 Å². The molecule has 6 rings (SSSR count). The maximum Gasteiger partial charge on any atom is 0.259 e. The molecule has 1 amide bonds. The summed E-state index contributed by atoms with van der Waals surface area (Å²) in [5.41, 5.74) is 2.76. The molecule has 1 N–H and O–H groups in total. The first-order chi connectivity index (χ1) is 15.2. The first-order valence-corrected chi connectivity index (χ1v) is 10.9. The van der Waals surface area contributed by atoms with Gasteiger partial charge in [-0.2, -0.15) is 0 Å². The van der Waals surface area contributed by atoms with Crippen LogP contribution in [0.15, 0.2) is 30.3 Å². The lowest BCUT2D eigenvalue weighted by Gasteiger charge is -2.29. The van der Waals surface area contributed by atoms with Gasteiger partial charge in [0.1, 0.15) is 23.2 Å². The third kappa shape index (κ3) is 3.40. The SMILES string of the molecule is O=C(Nc1cccc(-c2nnc3n2CCC3)n1)c1cc2c(cc1F)CCN(C1CC1)C2. The highest BCUT2D eigenvalue weighted by molar-refractivity contribution is 6.04. The predicted octanol–water partition coefficient (Wildman–Crippen LogP) is 3.20. The molecule has 3 aliphatic rings. The minimum Gasteiger partial charge on any atom is -0.310 e. The van der Waals surface area contributed by atoms with Crippen molar-refractivity contribution in [3.63, 3.8) is 0 Å². The van der Waals surface area contributed by atoms with E-state index in [0.29, 0.717) is 23.4 Å². The number of hydrogen-bond donors (Lipinski definition) is 1. The zero-order valence-electron chi connectivity index (χ0n) is 17.1. The van der Waals surface area contributed by atoms with E-state index in [1.54, 1.807) is 12.1 Å². The van der Waals surface area contributed by atoms with Crippen molar-refractivity contribution < 1.29 is 9.18 Å². The fourth-order valence-corrected chi connectivity index (χ4v) is 4.68. The van der Waals surface area contributed by atoms with E-state index in [1.807, 2.05) is 12.1 Å². The number of carbonyl (C=O) groups is 1. The summed E-state index contributed by atoms with van der Waals surface area (Å²) in [6, 6.07) is 9.25. The van der Waals surface area contributed by atoms with Crippen LogP contribution in [0.25, 0.3) is 11.5 Å². The van der Waals surface area contributed by atoms with Crippen molar-refractivity contribution in [2.24, 2.45) is 0 Å². The second-order valence-corrected chi connectivity index (χ2v) is 8.61. The molecule has 1 fully saturated rings. The minimum atomic E-state index is -0.486. The Morgan fingerprint density at radius 1 is 1.10 bits per heavy atom. The van der Waals surface area contributed by atoms with Crippen molar-refractivity contribution in [3.05, 3.63) is 58.7 Å². The number of amides is 1. The second kappa shape index (κ2) is 7.23. The van der Waals surface area contributed by atoms with Gasteiger partial charge in [-0.3, -0.25) is 9.69 Å². The molecule has 4 heterocycles. The Bertz CT molecular complexity index is 1180. The highest BCUT2D eigenvalue weighted by atomic mass is 19.1. The summed E-state index contributed by atoms with van der Waals surface area (Å²) in [4.78, 5) is 19.9. The van der Waals surface area contributed by atoms with E-state index in [1.165, 1.54) is 18.9 Å². The average Bonchev–Trinajstić information content (AvgIpc) is 3.38. The molecule has 7 nitrogen and oxygen atoms in total. The Morgan fingerprint density at radius 2 is 2.00 bits per heavy atom. The molecule has 0 unspecified atom stereocenters. The number of hydrogen-bond acceptors (Lipinski definition) is 5. The molecule has 1 saturated carbocycles. The lowest BCUT2D eigenvalue weighted by Crippen LogP contribution is -2.32. The van der Waals surface area contributed by atoms with Gasteiger partial charge in [-0.25, -0.2) is 9.37 Å². The van der Waals surface area contributed by atoms with Crippen molar-refractivity contribution in [1.82, 2.24) is 24.6 Å². The molecule has 3 aromatic rings. The number of pyridine rings is 1. The van der Waals surface area contributed by atoms with Gasteiger partial charge in [0.15, 0.2) is 5.82 Å². The zero-order valence-corrected chi connectivity index (χ0v) is 17.1.